The van der Waals surface area contributed by atoms with E-state index in [-0.39, 0.29) is 23.3 Å². The van der Waals surface area contributed by atoms with E-state index in [1.807, 2.05) is 11.0 Å². The predicted octanol–water partition coefficient (Wildman–Crippen LogP) is 1.17. The number of nitrogens with one attached hydrogen (secondary N) is 1. The van der Waals surface area contributed by atoms with E-state index in [1.54, 1.807) is 30.0 Å². The third-order valence-corrected chi connectivity index (χ3v) is 6.78. The van der Waals surface area contributed by atoms with Crippen LogP contribution in [-0.2, 0) is 11.3 Å². The van der Waals surface area contributed by atoms with E-state index in [1.165, 1.54) is 0 Å². The fourth-order valence-corrected chi connectivity index (χ4v) is 4.99. The van der Waals surface area contributed by atoms with Gasteiger partial charge in [0.15, 0.2) is 5.52 Å². The molecular weight excluding hydrogens is 408 g/mol. The van der Waals surface area contributed by atoms with E-state index in [9.17, 15) is 9.59 Å². The lowest BCUT2D eigenvalue weighted by molar-refractivity contribution is -0.129. The number of carbonyl (C=O) groups excluding carboxylic acids is 1. The lowest BCUT2D eigenvalue weighted by Crippen LogP contribution is -2.36. The molecule has 0 radical (unpaired) electrons. The molecule has 5 rings (SSSR count). The van der Waals surface area contributed by atoms with E-state index in [0.717, 1.165) is 37.6 Å². The largest absolute Gasteiger partial charge is 0.343 e. The van der Waals surface area contributed by atoms with Crippen LogP contribution in [0.1, 0.15) is 56.0 Å². The van der Waals surface area contributed by atoms with Gasteiger partial charge >= 0.3 is 0 Å². The first-order valence-electron chi connectivity index (χ1n) is 11.2. The summed E-state index contributed by atoms with van der Waals surface area (Å²) in [6.45, 7) is 7.57. The van der Waals surface area contributed by atoms with Crippen LogP contribution < -0.4 is 5.56 Å². The zero-order valence-electron chi connectivity index (χ0n) is 18.4. The molecule has 1 N–H and O–H groups in total. The summed E-state index contributed by atoms with van der Waals surface area (Å²) in [6, 6.07) is 1.81. The van der Waals surface area contributed by atoms with Crippen molar-refractivity contribution in [3.63, 3.8) is 0 Å². The second kappa shape index (κ2) is 8.42. The standard InChI is InChI=1S/C22H28N8O2/c1-14-11-28(13-19-23-6-3-7-24-19)12-17(14)20-26-22(32)18-10-25-21(30(18)27-20)16-4-8-29(9-5-16)15(2)31/h3,6-7,10,14,16-17H,4-5,8-9,11-13H2,1-2H3,(H,26,27,32). The molecule has 168 valence electrons. The van der Waals surface area contributed by atoms with Crippen molar-refractivity contribution in [2.75, 3.05) is 26.2 Å². The molecule has 32 heavy (non-hydrogen) atoms. The van der Waals surface area contributed by atoms with Crippen LogP contribution in [0.25, 0.3) is 5.52 Å². The SMILES string of the molecule is CC(=O)N1CCC(c2ncc3c(=O)[nH]c(C4CN(Cc5ncccn5)CC4C)nn23)CC1. The Morgan fingerprint density at radius 3 is 2.62 bits per heavy atom. The molecule has 3 aromatic heterocycles. The van der Waals surface area contributed by atoms with Gasteiger partial charge in [0.2, 0.25) is 5.91 Å². The number of rotatable bonds is 4. The number of likely N-dealkylation sites (tertiary alicyclic amines) is 2. The Morgan fingerprint density at radius 1 is 1.16 bits per heavy atom. The van der Waals surface area contributed by atoms with Crippen LogP contribution in [0.2, 0.25) is 0 Å². The van der Waals surface area contributed by atoms with Crippen LogP contribution in [0, 0.1) is 5.92 Å². The molecule has 10 heteroatoms. The second-order valence-electron chi connectivity index (χ2n) is 8.98. The summed E-state index contributed by atoms with van der Waals surface area (Å²) >= 11 is 0. The van der Waals surface area contributed by atoms with E-state index < -0.39 is 0 Å². The van der Waals surface area contributed by atoms with Crippen molar-refractivity contribution in [3.05, 3.63) is 52.5 Å². The van der Waals surface area contributed by atoms with E-state index in [2.05, 4.69) is 31.8 Å². The summed E-state index contributed by atoms with van der Waals surface area (Å²) in [4.78, 5) is 44.9. The van der Waals surface area contributed by atoms with Crippen molar-refractivity contribution in [3.8, 4) is 0 Å². The smallest absolute Gasteiger partial charge is 0.276 e. The summed E-state index contributed by atoms with van der Waals surface area (Å²) in [7, 11) is 0. The van der Waals surface area contributed by atoms with Crippen molar-refractivity contribution in [1.82, 2.24) is 39.3 Å². The van der Waals surface area contributed by atoms with E-state index in [4.69, 9.17) is 5.10 Å². The van der Waals surface area contributed by atoms with Crippen LogP contribution in [0.5, 0.6) is 0 Å². The Labute approximate surface area is 185 Å². The highest BCUT2D eigenvalue weighted by Gasteiger charge is 2.34. The number of amides is 1. The summed E-state index contributed by atoms with van der Waals surface area (Å²) in [6.07, 6.45) is 6.78. The van der Waals surface area contributed by atoms with Crippen LogP contribution in [0.3, 0.4) is 0 Å². The molecule has 2 unspecified atom stereocenters. The highest BCUT2D eigenvalue weighted by atomic mass is 16.2. The molecule has 0 saturated carbocycles. The van der Waals surface area contributed by atoms with E-state index in [0.29, 0.717) is 36.9 Å². The minimum Gasteiger partial charge on any atom is -0.343 e. The fraction of sp³-hybridized carbons (Fsp3) is 0.545. The zero-order valence-corrected chi connectivity index (χ0v) is 18.4. The number of nitrogens with zero attached hydrogens (tertiary/aromatic N) is 7. The molecule has 1 amide bonds. The van der Waals surface area contributed by atoms with Gasteiger partial charge in [0.1, 0.15) is 17.5 Å². The van der Waals surface area contributed by atoms with Gasteiger partial charge in [0.05, 0.1) is 12.7 Å². The number of aromatic amines is 1. The minimum absolute atomic E-state index is 0.106. The maximum atomic E-state index is 12.8. The van der Waals surface area contributed by atoms with Crippen molar-refractivity contribution in [1.29, 1.82) is 0 Å². The summed E-state index contributed by atoms with van der Waals surface area (Å²) < 4.78 is 1.73. The van der Waals surface area contributed by atoms with Crippen molar-refractivity contribution in [2.45, 2.75) is 45.1 Å². The molecule has 3 aromatic rings. The zero-order chi connectivity index (χ0) is 22.2. The molecule has 2 fully saturated rings. The number of H-pyrrole nitrogens is 1. The van der Waals surface area contributed by atoms with Gasteiger partial charge in [-0.25, -0.2) is 19.5 Å². The number of fused-ring (bicyclic) bond motifs is 1. The number of piperidine rings is 1. The van der Waals surface area contributed by atoms with Crippen LogP contribution in [0.15, 0.2) is 29.5 Å². The molecule has 10 nitrogen and oxygen atoms in total. The average molecular weight is 437 g/mol. The third kappa shape index (κ3) is 3.90. The van der Waals surface area contributed by atoms with Crippen molar-refractivity contribution in [2.24, 2.45) is 5.92 Å². The van der Waals surface area contributed by atoms with Crippen molar-refractivity contribution >= 4 is 11.4 Å². The van der Waals surface area contributed by atoms with Gasteiger partial charge in [0.25, 0.3) is 5.56 Å². The van der Waals surface area contributed by atoms with Gasteiger partial charge in [-0.05, 0) is 24.8 Å². The third-order valence-electron chi connectivity index (χ3n) is 6.78. The molecule has 2 aliphatic rings. The summed E-state index contributed by atoms with van der Waals surface area (Å²) in [5.41, 5.74) is 0.310. The topological polar surface area (TPSA) is 112 Å². The summed E-state index contributed by atoms with van der Waals surface area (Å²) in [5, 5.41) is 4.86. The summed E-state index contributed by atoms with van der Waals surface area (Å²) in [5.74, 6) is 3.06. The van der Waals surface area contributed by atoms with Gasteiger partial charge in [-0.3, -0.25) is 14.5 Å². The quantitative estimate of drug-likeness (QED) is 0.653. The Morgan fingerprint density at radius 2 is 1.91 bits per heavy atom. The highest BCUT2D eigenvalue weighted by molar-refractivity contribution is 5.73. The predicted molar refractivity (Wildman–Crippen MR) is 117 cm³/mol. The van der Waals surface area contributed by atoms with E-state index >= 15 is 0 Å². The van der Waals surface area contributed by atoms with Gasteiger partial charge in [-0.15, -0.1) is 0 Å². The molecule has 0 spiro atoms. The van der Waals surface area contributed by atoms with Gasteiger partial charge in [-0.2, -0.15) is 5.10 Å². The Kier molecular flexibility index (Phi) is 5.46. The first kappa shape index (κ1) is 20.7. The second-order valence-corrected chi connectivity index (χ2v) is 8.98. The first-order valence-corrected chi connectivity index (χ1v) is 11.2. The Hall–Kier alpha value is -3.14. The molecular formula is C22H28N8O2. The maximum absolute atomic E-state index is 12.8. The highest BCUT2D eigenvalue weighted by Crippen LogP contribution is 2.31. The first-order chi connectivity index (χ1) is 15.5. The normalized spacial score (nSPS) is 22.6. The lowest BCUT2D eigenvalue weighted by atomic mass is 9.96. The molecule has 5 heterocycles. The van der Waals surface area contributed by atoms with Crippen LogP contribution in [0.4, 0.5) is 0 Å². The maximum Gasteiger partial charge on any atom is 0.276 e. The minimum atomic E-state index is -0.160. The monoisotopic (exact) mass is 436 g/mol. The van der Waals surface area contributed by atoms with Crippen molar-refractivity contribution < 1.29 is 4.79 Å². The number of hydrogen-bond acceptors (Lipinski definition) is 7. The van der Waals surface area contributed by atoms with Crippen LogP contribution >= 0.6 is 0 Å². The van der Waals surface area contributed by atoms with Gasteiger partial charge in [-0.1, -0.05) is 6.92 Å². The number of hydrogen-bond donors (Lipinski definition) is 1. The Balaban J connectivity index is 1.39. The fourth-order valence-electron chi connectivity index (χ4n) is 4.99. The molecule has 0 aromatic carbocycles. The molecule has 2 saturated heterocycles. The van der Waals surface area contributed by atoms with Crippen LogP contribution in [-0.4, -0.2) is 71.4 Å². The lowest BCUT2D eigenvalue weighted by Gasteiger charge is -2.30. The number of carbonyl (C=O) groups is 1. The van der Waals surface area contributed by atoms with Gasteiger partial charge in [0, 0.05) is 57.3 Å². The molecule has 0 bridgehead atoms. The van der Waals surface area contributed by atoms with Gasteiger partial charge < -0.3 is 9.88 Å². The average Bonchev–Trinajstić information content (AvgIpc) is 3.38. The molecule has 0 aliphatic carbocycles. The molecule has 2 aliphatic heterocycles. The number of aromatic nitrogens is 6. The molecule has 2 atom stereocenters. The Bertz CT molecular complexity index is 1170. The number of imidazole rings is 1.